The minimum absolute atomic E-state index is 0.0239. The van der Waals surface area contributed by atoms with Gasteiger partial charge in [0.05, 0.1) is 17.2 Å². The van der Waals surface area contributed by atoms with Crippen LogP contribution < -0.4 is 10.7 Å². The van der Waals surface area contributed by atoms with Crippen molar-refractivity contribution in [2.75, 3.05) is 6.54 Å². The van der Waals surface area contributed by atoms with E-state index in [0.717, 1.165) is 0 Å². The number of non-ortho nitro benzene ring substituents is 1. The first kappa shape index (κ1) is 17.8. The lowest BCUT2D eigenvalue weighted by atomic mass is 10.1. The van der Waals surface area contributed by atoms with E-state index < -0.39 is 10.8 Å². The van der Waals surface area contributed by atoms with E-state index in [9.17, 15) is 19.7 Å². The number of carbonyl (C=O) groups excluding carboxylic acids is 2. The minimum atomic E-state index is -0.493. The highest BCUT2D eigenvalue weighted by molar-refractivity contribution is 6.00. The topological polar surface area (TPSA) is 114 Å². The van der Waals surface area contributed by atoms with Crippen molar-refractivity contribution in [3.8, 4) is 0 Å². The van der Waals surface area contributed by atoms with Gasteiger partial charge in [0.25, 0.3) is 17.5 Å². The highest BCUT2D eigenvalue weighted by atomic mass is 16.6. The van der Waals surface area contributed by atoms with Gasteiger partial charge in [-0.1, -0.05) is 18.2 Å². The molecular formula is C17H16N4O4. The van der Waals surface area contributed by atoms with E-state index in [0.29, 0.717) is 16.8 Å². The van der Waals surface area contributed by atoms with Gasteiger partial charge in [-0.15, -0.1) is 0 Å². The smallest absolute Gasteiger partial charge is 0.269 e. The van der Waals surface area contributed by atoms with Crippen LogP contribution in [0.25, 0.3) is 0 Å². The van der Waals surface area contributed by atoms with Gasteiger partial charge in [0.2, 0.25) is 0 Å². The van der Waals surface area contributed by atoms with Gasteiger partial charge in [0.1, 0.15) is 0 Å². The fourth-order valence-corrected chi connectivity index (χ4v) is 1.93. The Hall–Kier alpha value is -3.55. The molecule has 0 aromatic heterocycles. The Morgan fingerprint density at radius 2 is 1.68 bits per heavy atom. The summed E-state index contributed by atoms with van der Waals surface area (Å²) in [5.74, 6) is -0.836. The van der Waals surface area contributed by atoms with Gasteiger partial charge in [-0.2, -0.15) is 5.10 Å². The van der Waals surface area contributed by atoms with Crippen LogP contribution in [-0.4, -0.2) is 29.0 Å². The molecule has 2 aromatic rings. The molecule has 0 bridgehead atoms. The maximum absolute atomic E-state index is 11.8. The average molecular weight is 340 g/mol. The van der Waals surface area contributed by atoms with Gasteiger partial charge < -0.3 is 5.32 Å². The van der Waals surface area contributed by atoms with Gasteiger partial charge in [0.15, 0.2) is 0 Å². The summed E-state index contributed by atoms with van der Waals surface area (Å²) in [6.07, 6.45) is 0. The Kier molecular flexibility index (Phi) is 5.94. The lowest BCUT2D eigenvalue weighted by Crippen LogP contribution is -2.35. The monoisotopic (exact) mass is 340 g/mol. The van der Waals surface area contributed by atoms with Crippen LogP contribution in [0, 0.1) is 10.1 Å². The van der Waals surface area contributed by atoms with Crippen LogP contribution in [0.5, 0.6) is 0 Å². The highest BCUT2D eigenvalue weighted by Gasteiger charge is 2.08. The number of nitrogens with zero attached hydrogens (tertiary/aromatic N) is 2. The summed E-state index contributed by atoms with van der Waals surface area (Å²) in [6.45, 7) is 1.44. The number of amides is 2. The maximum atomic E-state index is 11.8. The second-order valence-corrected chi connectivity index (χ2v) is 5.08. The second kappa shape index (κ2) is 8.34. The molecule has 8 heteroatoms. The molecule has 0 heterocycles. The molecule has 2 amide bonds. The quantitative estimate of drug-likeness (QED) is 0.474. The van der Waals surface area contributed by atoms with Crippen molar-refractivity contribution in [2.24, 2.45) is 5.10 Å². The molecule has 0 aliphatic rings. The van der Waals surface area contributed by atoms with Crippen LogP contribution in [0.3, 0.4) is 0 Å². The molecule has 2 aromatic carbocycles. The van der Waals surface area contributed by atoms with Crippen molar-refractivity contribution in [2.45, 2.75) is 6.92 Å². The summed E-state index contributed by atoms with van der Waals surface area (Å²) in [7, 11) is 0. The Morgan fingerprint density at radius 3 is 2.28 bits per heavy atom. The largest absolute Gasteiger partial charge is 0.343 e. The standard InChI is InChI=1S/C17H16N4O4/c1-12(13-7-9-15(10-8-13)21(24)25)19-20-16(22)11-18-17(23)14-5-3-2-4-6-14/h2-10H,11H2,1H3,(H,18,23)(H,20,22). The van der Waals surface area contributed by atoms with Gasteiger partial charge in [-0.25, -0.2) is 5.43 Å². The van der Waals surface area contributed by atoms with E-state index in [1.807, 2.05) is 0 Å². The zero-order chi connectivity index (χ0) is 18.2. The molecule has 2 rings (SSSR count). The predicted octanol–water partition coefficient (Wildman–Crippen LogP) is 1.86. The summed E-state index contributed by atoms with van der Waals surface area (Å²) in [6, 6.07) is 14.3. The van der Waals surface area contributed by atoms with E-state index in [2.05, 4.69) is 15.8 Å². The number of nitro benzene ring substituents is 1. The number of nitro groups is 1. The summed E-state index contributed by atoms with van der Waals surface area (Å²) in [5.41, 5.74) is 3.88. The van der Waals surface area contributed by atoms with E-state index in [4.69, 9.17) is 0 Å². The lowest BCUT2D eigenvalue weighted by molar-refractivity contribution is -0.384. The molecule has 0 saturated carbocycles. The zero-order valence-electron chi connectivity index (χ0n) is 13.4. The van der Waals surface area contributed by atoms with E-state index in [-0.39, 0.29) is 18.1 Å². The van der Waals surface area contributed by atoms with Crippen molar-refractivity contribution in [1.29, 1.82) is 0 Å². The van der Waals surface area contributed by atoms with E-state index in [1.165, 1.54) is 12.1 Å². The van der Waals surface area contributed by atoms with Crippen LogP contribution in [0.15, 0.2) is 59.7 Å². The van der Waals surface area contributed by atoms with Crippen molar-refractivity contribution >= 4 is 23.2 Å². The molecule has 8 nitrogen and oxygen atoms in total. The van der Waals surface area contributed by atoms with Crippen molar-refractivity contribution in [3.63, 3.8) is 0 Å². The summed E-state index contributed by atoms with van der Waals surface area (Å²) < 4.78 is 0. The Balaban J connectivity index is 1.86. The number of rotatable bonds is 6. The van der Waals surface area contributed by atoms with E-state index >= 15 is 0 Å². The fourth-order valence-electron chi connectivity index (χ4n) is 1.93. The number of hydrogen-bond acceptors (Lipinski definition) is 5. The maximum Gasteiger partial charge on any atom is 0.269 e. The van der Waals surface area contributed by atoms with Crippen LogP contribution in [-0.2, 0) is 4.79 Å². The van der Waals surface area contributed by atoms with E-state index in [1.54, 1.807) is 49.4 Å². The summed E-state index contributed by atoms with van der Waals surface area (Å²) >= 11 is 0. The van der Waals surface area contributed by atoms with Crippen molar-refractivity contribution in [1.82, 2.24) is 10.7 Å². The normalized spacial score (nSPS) is 10.8. The molecule has 0 saturated heterocycles. The van der Waals surface area contributed by atoms with Gasteiger partial charge in [0, 0.05) is 17.7 Å². The molecule has 2 N–H and O–H groups in total. The molecule has 0 spiro atoms. The Labute approximate surface area is 143 Å². The average Bonchev–Trinajstić information content (AvgIpc) is 2.64. The predicted molar refractivity (Wildman–Crippen MR) is 92.2 cm³/mol. The highest BCUT2D eigenvalue weighted by Crippen LogP contribution is 2.12. The number of hydrazone groups is 1. The van der Waals surface area contributed by atoms with Crippen LogP contribution in [0.4, 0.5) is 5.69 Å². The SMILES string of the molecule is CC(=NNC(=O)CNC(=O)c1ccccc1)c1ccc([N+](=O)[O-])cc1. The third-order valence-corrected chi connectivity index (χ3v) is 3.29. The van der Waals surface area contributed by atoms with Crippen molar-refractivity contribution < 1.29 is 14.5 Å². The summed E-state index contributed by atoms with van der Waals surface area (Å²) in [4.78, 5) is 33.7. The molecule has 0 radical (unpaired) electrons. The first-order valence-electron chi connectivity index (χ1n) is 7.38. The third-order valence-electron chi connectivity index (χ3n) is 3.29. The van der Waals surface area contributed by atoms with Gasteiger partial charge in [-0.05, 0) is 36.8 Å². The molecule has 0 aliphatic heterocycles. The van der Waals surface area contributed by atoms with Crippen LogP contribution in [0.1, 0.15) is 22.8 Å². The molecule has 0 fully saturated rings. The molecule has 128 valence electrons. The minimum Gasteiger partial charge on any atom is -0.343 e. The van der Waals surface area contributed by atoms with Gasteiger partial charge >= 0.3 is 0 Å². The number of nitrogens with one attached hydrogen (secondary N) is 2. The summed E-state index contributed by atoms with van der Waals surface area (Å²) in [5, 5.41) is 17.0. The Bertz CT molecular complexity index is 801. The molecular weight excluding hydrogens is 324 g/mol. The number of carbonyl (C=O) groups is 2. The van der Waals surface area contributed by atoms with Crippen molar-refractivity contribution in [3.05, 3.63) is 75.8 Å². The molecule has 0 aliphatic carbocycles. The molecule has 25 heavy (non-hydrogen) atoms. The second-order valence-electron chi connectivity index (χ2n) is 5.08. The Morgan fingerprint density at radius 1 is 1.04 bits per heavy atom. The number of hydrogen-bond donors (Lipinski definition) is 2. The zero-order valence-corrected chi connectivity index (χ0v) is 13.4. The van der Waals surface area contributed by atoms with Crippen LogP contribution in [0.2, 0.25) is 0 Å². The first-order chi connectivity index (χ1) is 12.0. The third kappa shape index (κ3) is 5.24. The first-order valence-corrected chi connectivity index (χ1v) is 7.38. The number of benzene rings is 2. The lowest BCUT2D eigenvalue weighted by Gasteiger charge is -2.05. The molecule has 0 atom stereocenters. The fraction of sp³-hybridized carbons (Fsp3) is 0.118. The molecule has 0 unspecified atom stereocenters. The van der Waals surface area contributed by atoms with Crippen LogP contribution >= 0.6 is 0 Å². The van der Waals surface area contributed by atoms with Gasteiger partial charge in [-0.3, -0.25) is 19.7 Å².